The van der Waals surface area contributed by atoms with E-state index < -0.39 is 23.9 Å². The molecule has 1 heterocycles. The zero-order valence-corrected chi connectivity index (χ0v) is 13.8. The molecule has 25 heavy (non-hydrogen) atoms. The minimum atomic E-state index is -1.14. The van der Waals surface area contributed by atoms with Crippen LogP contribution in [-0.4, -0.2) is 33.6 Å². The Kier molecular flexibility index (Phi) is 4.85. The maximum absolute atomic E-state index is 14.1. The molecular formula is C18H20FN3O3. The fraction of sp³-hybridized carbons (Fsp3) is 0.333. The van der Waals surface area contributed by atoms with Gasteiger partial charge in [0.15, 0.2) is 0 Å². The Morgan fingerprint density at radius 1 is 1.28 bits per heavy atom. The van der Waals surface area contributed by atoms with E-state index in [0.717, 1.165) is 12.8 Å². The van der Waals surface area contributed by atoms with Crippen molar-refractivity contribution in [2.75, 3.05) is 5.32 Å². The average Bonchev–Trinajstić information content (AvgIpc) is 3.29. The van der Waals surface area contributed by atoms with Gasteiger partial charge in [0.2, 0.25) is 11.8 Å². The second kappa shape index (κ2) is 7.06. The van der Waals surface area contributed by atoms with Crippen LogP contribution in [0.5, 0.6) is 0 Å². The number of halogens is 1. The summed E-state index contributed by atoms with van der Waals surface area (Å²) >= 11 is 0. The van der Waals surface area contributed by atoms with E-state index >= 15 is 0 Å². The van der Waals surface area contributed by atoms with Gasteiger partial charge in [-0.1, -0.05) is 0 Å². The van der Waals surface area contributed by atoms with Crippen LogP contribution in [0.15, 0.2) is 42.7 Å². The molecular weight excluding hydrogens is 325 g/mol. The summed E-state index contributed by atoms with van der Waals surface area (Å²) in [7, 11) is 0. The summed E-state index contributed by atoms with van der Waals surface area (Å²) in [6, 6.07) is 6.87. The van der Waals surface area contributed by atoms with E-state index in [4.69, 9.17) is 0 Å². The van der Waals surface area contributed by atoms with Gasteiger partial charge in [0.05, 0.1) is 11.8 Å². The van der Waals surface area contributed by atoms with E-state index in [1.54, 1.807) is 23.0 Å². The number of rotatable bonds is 6. The topological polar surface area (TPSA) is 83.4 Å². The van der Waals surface area contributed by atoms with Gasteiger partial charge < -0.3 is 20.3 Å². The summed E-state index contributed by atoms with van der Waals surface area (Å²) in [4.78, 5) is 24.3. The van der Waals surface area contributed by atoms with E-state index in [9.17, 15) is 19.1 Å². The molecule has 3 N–H and O–H groups in total. The highest BCUT2D eigenvalue weighted by Crippen LogP contribution is 2.29. The third-order valence-corrected chi connectivity index (χ3v) is 4.12. The molecule has 2 aromatic rings. The van der Waals surface area contributed by atoms with Gasteiger partial charge in [-0.2, -0.15) is 0 Å². The molecule has 0 bridgehead atoms. The maximum atomic E-state index is 14.1. The predicted molar refractivity (Wildman–Crippen MR) is 90.7 cm³/mol. The summed E-state index contributed by atoms with van der Waals surface area (Å²) in [6.45, 7) is 1.41. The van der Waals surface area contributed by atoms with Gasteiger partial charge in [-0.3, -0.25) is 9.59 Å². The lowest BCUT2D eigenvalue weighted by atomic mass is 10.1. The van der Waals surface area contributed by atoms with Crippen LogP contribution >= 0.6 is 0 Å². The Hall–Kier alpha value is -2.67. The minimum absolute atomic E-state index is 0.0116. The molecule has 0 aliphatic heterocycles. The third-order valence-electron chi connectivity index (χ3n) is 4.12. The Balaban J connectivity index is 1.76. The van der Waals surface area contributed by atoms with Crippen molar-refractivity contribution in [3.8, 4) is 5.69 Å². The summed E-state index contributed by atoms with van der Waals surface area (Å²) in [5.74, 6) is -1.61. The normalized spacial score (nSPS) is 16.1. The molecule has 1 aliphatic rings. The summed E-state index contributed by atoms with van der Waals surface area (Å²) in [6.07, 6.45) is 4.07. The Morgan fingerprint density at radius 3 is 2.56 bits per heavy atom. The molecule has 0 spiro atoms. The lowest BCUT2D eigenvalue weighted by Crippen LogP contribution is -2.50. The molecule has 1 aromatic carbocycles. The van der Waals surface area contributed by atoms with Crippen LogP contribution in [0.2, 0.25) is 0 Å². The highest BCUT2D eigenvalue weighted by atomic mass is 19.1. The van der Waals surface area contributed by atoms with Gasteiger partial charge in [0.25, 0.3) is 0 Å². The molecule has 1 aromatic heterocycles. The summed E-state index contributed by atoms with van der Waals surface area (Å²) in [5.41, 5.74) is 0.667. The van der Waals surface area contributed by atoms with Crippen molar-refractivity contribution in [3.05, 3.63) is 48.5 Å². The fourth-order valence-corrected chi connectivity index (χ4v) is 2.51. The maximum Gasteiger partial charge on any atom is 0.249 e. The number of hydrogen-bond donors (Lipinski definition) is 3. The molecule has 6 nitrogen and oxygen atoms in total. The smallest absolute Gasteiger partial charge is 0.249 e. The number of aliphatic hydroxyl groups excluding tert-OH is 1. The number of nitrogens with one attached hydrogen (secondary N) is 2. The van der Waals surface area contributed by atoms with Crippen molar-refractivity contribution < 1.29 is 19.1 Å². The lowest BCUT2D eigenvalue weighted by Gasteiger charge is -2.21. The monoisotopic (exact) mass is 345 g/mol. The van der Waals surface area contributed by atoms with Crippen molar-refractivity contribution in [2.45, 2.75) is 31.9 Å². The van der Waals surface area contributed by atoms with Gasteiger partial charge >= 0.3 is 0 Å². The first-order valence-electron chi connectivity index (χ1n) is 8.18. The molecule has 7 heteroatoms. The minimum Gasteiger partial charge on any atom is -0.391 e. The van der Waals surface area contributed by atoms with Crippen LogP contribution in [0.25, 0.3) is 5.69 Å². The van der Waals surface area contributed by atoms with E-state index in [1.165, 1.54) is 19.1 Å². The lowest BCUT2D eigenvalue weighted by molar-refractivity contribution is -0.129. The molecule has 1 fully saturated rings. The fourth-order valence-electron chi connectivity index (χ4n) is 2.51. The van der Waals surface area contributed by atoms with E-state index in [-0.39, 0.29) is 17.5 Å². The van der Waals surface area contributed by atoms with Crippen LogP contribution in [0.1, 0.15) is 19.8 Å². The number of carbonyl (C=O) groups excluding carboxylic acids is 2. The summed E-state index contributed by atoms with van der Waals surface area (Å²) < 4.78 is 15.8. The van der Waals surface area contributed by atoms with Crippen molar-refractivity contribution in [1.29, 1.82) is 0 Å². The standard InChI is InChI=1S/C18H20FN3O3/c1-11(23)16(21-17(24)12-4-5-12)18(25)20-15-10-13(6-7-14(15)19)22-8-2-3-9-22/h2-3,6-12,16,23H,4-5H2,1H3,(H,20,25)(H,21,24). The van der Waals surface area contributed by atoms with Crippen LogP contribution in [0.3, 0.4) is 0 Å². The summed E-state index contributed by atoms with van der Waals surface area (Å²) in [5, 5.41) is 14.8. The van der Waals surface area contributed by atoms with Gasteiger partial charge in [-0.15, -0.1) is 0 Å². The van der Waals surface area contributed by atoms with Gasteiger partial charge in [0, 0.05) is 24.0 Å². The molecule has 1 aliphatic carbocycles. The number of benzene rings is 1. The molecule has 2 atom stereocenters. The van der Waals surface area contributed by atoms with Crippen LogP contribution < -0.4 is 10.6 Å². The van der Waals surface area contributed by atoms with E-state index in [2.05, 4.69) is 10.6 Å². The second-order valence-electron chi connectivity index (χ2n) is 6.24. The van der Waals surface area contributed by atoms with Crippen LogP contribution in [0.4, 0.5) is 10.1 Å². The molecule has 3 rings (SSSR count). The van der Waals surface area contributed by atoms with Gasteiger partial charge in [0.1, 0.15) is 11.9 Å². The second-order valence-corrected chi connectivity index (χ2v) is 6.24. The number of nitrogens with zero attached hydrogens (tertiary/aromatic N) is 1. The van der Waals surface area contributed by atoms with Crippen LogP contribution in [-0.2, 0) is 9.59 Å². The average molecular weight is 345 g/mol. The van der Waals surface area contributed by atoms with E-state index in [0.29, 0.717) is 5.69 Å². The number of hydrogen-bond acceptors (Lipinski definition) is 3. The molecule has 2 unspecified atom stereocenters. The highest BCUT2D eigenvalue weighted by Gasteiger charge is 2.34. The number of anilines is 1. The molecule has 0 saturated heterocycles. The van der Waals surface area contributed by atoms with E-state index in [1.807, 2.05) is 12.1 Å². The van der Waals surface area contributed by atoms with Crippen LogP contribution in [0, 0.1) is 11.7 Å². The van der Waals surface area contributed by atoms with Crippen molar-refractivity contribution in [3.63, 3.8) is 0 Å². The van der Waals surface area contributed by atoms with Gasteiger partial charge in [-0.25, -0.2) is 4.39 Å². The first kappa shape index (κ1) is 17.2. The number of aromatic nitrogens is 1. The molecule has 132 valence electrons. The zero-order chi connectivity index (χ0) is 18.0. The number of carbonyl (C=O) groups is 2. The zero-order valence-electron chi connectivity index (χ0n) is 13.8. The van der Waals surface area contributed by atoms with Gasteiger partial charge in [-0.05, 0) is 50.1 Å². The number of aliphatic hydroxyl groups is 1. The Bertz CT molecular complexity index is 770. The van der Waals surface area contributed by atoms with Crippen molar-refractivity contribution in [2.24, 2.45) is 5.92 Å². The molecule has 0 radical (unpaired) electrons. The van der Waals surface area contributed by atoms with Crippen molar-refractivity contribution >= 4 is 17.5 Å². The molecule has 2 amide bonds. The Labute approximate surface area is 144 Å². The SMILES string of the molecule is CC(O)C(NC(=O)C1CC1)C(=O)Nc1cc(-n2cccc2)ccc1F. The predicted octanol–water partition coefficient (Wildman–Crippen LogP) is 1.83. The number of amides is 2. The highest BCUT2D eigenvalue weighted by molar-refractivity contribution is 5.98. The quantitative estimate of drug-likeness (QED) is 0.747. The first-order valence-corrected chi connectivity index (χ1v) is 8.18. The third kappa shape index (κ3) is 4.06. The first-order chi connectivity index (χ1) is 12.0. The van der Waals surface area contributed by atoms with Crippen molar-refractivity contribution in [1.82, 2.24) is 9.88 Å². The largest absolute Gasteiger partial charge is 0.391 e. The Morgan fingerprint density at radius 2 is 1.96 bits per heavy atom. The molecule has 1 saturated carbocycles.